The summed E-state index contributed by atoms with van der Waals surface area (Å²) in [6.07, 6.45) is 2.42. The molecule has 0 aliphatic carbocycles. The summed E-state index contributed by atoms with van der Waals surface area (Å²) in [5.41, 5.74) is 0. The Labute approximate surface area is 102 Å². The minimum Gasteiger partial charge on any atom is -0.383 e. The van der Waals surface area contributed by atoms with Gasteiger partial charge < -0.3 is 10.1 Å². The molecule has 98 valence electrons. The third kappa shape index (κ3) is 7.20. The molecule has 2 unspecified atom stereocenters. The van der Waals surface area contributed by atoms with Gasteiger partial charge in [0.1, 0.15) is 0 Å². The van der Waals surface area contributed by atoms with Gasteiger partial charge in [-0.25, -0.2) is 0 Å². The van der Waals surface area contributed by atoms with Crippen molar-refractivity contribution in [1.82, 2.24) is 10.2 Å². The molecule has 0 amide bonds. The molecule has 0 aromatic heterocycles. The summed E-state index contributed by atoms with van der Waals surface area (Å²) in [6, 6.07) is 1.14. The van der Waals surface area contributed by atoms with E-state index >= 15 is 0 Å². The van der Waals surface area contributed by atoms with Gasteiger partial charge in [0.05, 0.1) is 6.61 Å². The van der Waals surface area contributed by atoms with E-state index in [-0.39, 0.29) is 0 Å². The van der Waals surface area contributed by atoms with E-state index in [9.17, 15) is 0 Å². The Morgan fingerprint density at radius 2 is 1.94 bits per heavy atom. The highest BCUT2D eigenvalue weighted by atomic mass is 16.5. The van der Waals surface area contributed by atoms with E-state index in [1.165, 1.54) is 12.8 Å². The van der Waals surface area contributed by atoms with E-state index < -0.39 is 0 Å². The largest absolute Gasteiger partial charge is 0.383 e. The summed E-state index contributed by atoms with van der Waals surface area (Å²) in [5, 5.41) is 3.52. The summed E-state index contributed by atoms with van der Waals surface area (Å²) in [4.78, 5) is 2.48. The standard InChI is InChI=1S/C13H30N2O/c1-6-9-14-12(3)8-10-15(7-2)13(4)11-16-5/h12-14H,6-11H2,1-5H3. The molecular weight excluding hydrogens is 200 g/mol. The van der Waals surface area contributed by atoms with Gasteiger partial charge in [-0.2, -0.15) is 0 Å². The SMILES string of the molecule is CCCNC(C)CCN(CC)C(C)COC. The van der Waals surface area contributed by atoms with Gasteiger partial charge in [-0.3, -0.25) is 4.90 Å². The number of ether oxygens (including phenoxy) is 1. The van der Waals surface area contributed by atoms with Crippen molar-refractivity contribution in [1.29, 1.82) is 0 Å². The number of hydrogen-bond acceptors (Lipinski definition) is 3. The summed E-state index contributed by atoms with van der Waals surface area (Å²) >= 11 is 0. The molecule has 0 spiro atoms. The Balaban J connectivity index is 3.76. The molecule has 0 fully saturated rings. The number of methoxy groups -OCH3 is 1. The number of nitrogens with zero attached hydrogens (tertiary/aromatic N) is 1. The van der Waals surface area contributed by atoms with Crippen LogP contribution in [0.25, 0.3) is 0 Å². The van der Waals surface area contributed by atoms with Crippen LogP contribution in [0, 0.1) is 0 Å². The van der Waals surface area contributed by atoms with E-state index in [1.54, 1.807) is 7.11 Å². The molecule has 0 radical (unpaired) electrons. The van der Waals surface area contributed by atoms with E-state index in [1.807, 2.05) is 0 Å². The predicted molar refractivity (Wildman–Crippen MR) is 71.0 cm³/mol. The van der Waals surface area contributed by atoms with Crippen molar-refractivity contribution in [3.8, 4) is 0 Å². The van der Waals surface area contributed by atoms with Crippen LogP contribution in [0.5, 0.6) is 0 Å². The lowest BCUT2D eigenvalue weighted by atomic mass is 10.2. The van der Waals surface area contributed by atoms with Gasteiger partial charge >= 0.3 is 0 Å². The van der Waals surface area contributed by atoms with Crippen molar-refractivity contribution in [3.63, 3.8) is 0 Å². The third-order valence-corrected chi connectivity index (χ3v) is 3.03. The molecule has 2 atom stereocenters. The highest BCUT2D eigenvalue weighted by Crippen LogP contribution is 2.02. The molecule has 0 aromatic carbocycles. The average molecular weight is 230 g/mol. The highest BCUT2D eigenvalue weighted by Gasteiger charge is 2.12. The molecule has 0 bridgehead atoms. The maximum absolute atomic E-state index is 5.20. The fourth-order valence-corrected chi connectivity index (χ4v) is 1.89. The molecule has 0 aliphatic heterocycles. The van der Waals surface area contributed by atoms with Gasteiger partial charge in [0.25, 0.3) is 0 Å². The van der Waals surface area contributed by atoms with Gasteiger partial charge in [0.2, 0.25) is 0 Å². The van der Waals surface area contributed by atoms with Gasteiger partial charge in [-0.1, -0.05) is 13.8 Å². The van der Waals surface area contributed by atoms with Gasteiger partial charge in [-0.05, 0) is 46.3 Å². The molecule has 0 heterocycles. The number of likely N-dealkylation sites (N-methyl/N-ethyl adjacent to an activating group) is 1. The zero-order chi connectivity index (χ0) is 12.4. The van der Waals surface area contributed by atoms with Crippen LogP contribution in [0.2, 0.25) is 0 Å². The summed E-state index contributed by atoms with van der Waals surface area (Å²) in [5.74, 6) is 0. The zero-order valence-corrected chi connectivity index (χ0v) is 11.8. The number of rotatable bonds is 10. The molecule has 0 rings (SSSR count). The molecule has 3 nitrogen and oxygen atoms in total. The molecule has 0 aromatic rings. The van der Waals surface area contributed by atoms with Crippen LogP contribution in [0.3, 0.4) is 0 Å². The van der Waals surface area contributed by atoms with Gasteiger partial charge in [0.15, 0.2) is 0 Å². The van der Waals surface area contributed by atoms with Crippen LogP contribution < -0.4 is 5.32 Å². The monoisotopic (exact) mass is 230 g/mol. The van der Waals surface area contributed by atoms with Crippen molar-refractivity contribution < 1.29 is 4.74 Å². The van der Waals surface area contributed by atoms with Crippen LogP contribution >= 0.6 is 0 Å². The first-order valence-electron chi connectivity index (χ1n) is 6.62. The van der Waals surface area contributed by atoms with Crippen LogP contribution in [0.15, 0.2) is 0 Å². The zero-order valence-electron chi connectivity index (χ0n) is 11.8. The average Bonchev–Trinajstić information content (AvgIpc) is 2.27. The quantitative estimate of drug-likeness (QED) is 0.622. The van der Waals surface area contributed by atoms with E-state index in [0.29, 0.717) is 12.1 Å². The third-order valence-electron chi connectivity index (χ3n) is 3.03. The Kier molecular flexibility index (Phi) is 9.99. The van der Waals surface area contributed by atoms with Crippen molar-refractivity contribution in [2.24, 2.45) is 0 Å². The maximum Gasteiger partial charge on any atom is 0.0615 e. The lowest BCUT2D eigenvalue weighted by Crippen LogP contribution is -2.39. The molecule has 0 aliphatic rings. The van der Waals surface area contributed by atoms with Crippen molar-refractivity contribution in [3.05, 3.63) is 0 Å². The lowest BCUT2D eigenvalue weighted by Gasteiger charge is -2.28. The van der Waals surface area contributed by atoms with E-state index in [4.69, 9.17) is 4.74 Å². The van der Waals surface area contributed by atoms with Crippen molar-refractivity contribution in [2.75, 3.05) is 33.4 Å². The van der Waals surface area contributed by atoms with Crippen LogP contribution in [0.4, 0.5) is 0 Å². The van der Waals surface area contributed by atoms with E-state index in [2.05, 4.69) is 37.9 Å². The predicted octanol–water partition coefficient (Wildman–Crippen LogP) is 2.12. The second-order valence-electron chi connectivity index (χ2n) is 4.58. The first-order chi connectivity index (χ1) is 7.65. The lowest BCUT2D eigenvalue weighted by molar-refractivity contribution is 0.100. The molecule has 1 N–H and O–H groups in total. The molecule has 0 saturated heterocycles. The van der Waals surface area contributed by atoms with Crippen LogP contribution in [0.1, 0.15) is 40.5 Å². The first kappa shape index (κ1) is 15.9. The summed E-state index contributed by atoms with van der Waals surface area (Å²) in [6.45, 7) is 13.1. The first-order valence-corrected chi connectivity index (χ1v) is 6.62. The topological polar surface area (TPSA) is 24.5 Å². The molecule has 3 heteroatoms. The normalized spacial score (nSPS) is 15.4. The fraction of sp³-hybridized carbons (Fsp3) is 1.00. The Hall–Kier alpha value is -0.120. The smallest absolute Gasteiger partial charge is 0.0615 e. The second kappa shape index (κ2) is 10.1. The van der Waals surface area contributed by atoms with Crippen molar-refractivity contribution >= 4 is 0 Å². The maximum atomic E-state index is 5.20. The Bertz CT molecular complexity index is 153. The Morgan fingerprint density at radius 3 is 2.44 bits per heavy atom. The second-order valence-corrected chi connectivity index (χ2v) is 4.58. The molecule has 0 saturated carbocycles. The van der Waals surface area contributed by atoms with Gasteiger partial charge in [0, 0.05) is 19.2 Å². The Morgan fingerprint density at radius 1 is 1.25 bits per heavy atom. The fourth-order valence-electron chi connectivity index (χ4n) is 1.89. The summed E-state index contributed by atoms with van der Waals surface area (Å²) < 4.78 is 5.20. The van der Waals surface area contributed by atoms with E-state index in [0.717, 1.165) is 26.2 Å². The molecular formula is C13H30N2O. The minimum atomic E-state index is 0.522. The minimum absolute atomic E-state index is 0.522. The summed E-state index contributed by atoms with van der Waals surface area (Å²) in [7, 11) is 1.77. The van der Waals surface area contributed by atoms with Gasteiger partial charge in [-0.15, -0.1) is 0 Å². The number of nitrogens with one attached hydrogen (secondary N) is 1. The van der Waals surface area contributed by atoms with Crippen LogP contribution in [-0.4, -0.2) is 50.3 Å². The molecule has 16 heavy (non-hydrogen) atoms. The number of hydrogen-bond donors (Lipinski definition) is 1. The van der Waals surface area contributed by atoms with Crippen molar-refractivity contribution in [2.45, 2.75) is 52.6 Å². The van der Waals surface area contributed by atoms with Crippen LogP contribution in [-0.2, 0) is 4.74 Å². The highest BCUT2D eigenvalue weighted by molar-refractivity contribution is 4.69.